The Hall–Kier alpha value is -1.76. The number of carbonyl (C=O) groups excluding carboxylic acids is 1. The maximum absolute atomic E-state index is 11.8. The molecule has 0 aromatic heterocycles. The van der Waals surface area contributed by atoms with E-state index in [0.29, 0.717) is 24.5 Å². The fourth-order valence-corrected chi connectivity index (χ4v) is 3.77. The van der Waals surface area contributed by atoms with Crippen molar-refractivity contribution >= 4 is 21.6 Å². The van der Waals surface area contributed by atoms with Crippen molar-refractivity contribution in [1.82, 2.24) is 5.32 Å². The van der Waals surface area contributed by atoms with Gasteiger partial charge in [0.2, 0.25) is 0 Å². The molecule has 0 unspecified atom stereocenters. The van der Waals surface area contributed by atoms with Crippen molar-refractivity contribution in [2.24, 2.45) is 0 Å². The third-order valence-corrected chi connectivity index (χ3v) is 4.74. The van der Waals surface area contributed by atoms with Gasteiger partial charge in [0.05, 0.1) is 18.1 Å². The first-order valence-electron chi connectivity index (χ1n) is 6.49. The zero-order valence-corrected chi connectivity index (χ0v) is 12.1. The summed E-state index contributed by atoms with van der Waals surface area (Å²) in [6.45, 7) is 2.43. The van der Waals surface area contributed by atoms with E-state index in [9.17, 15) is 13.2 Å². The molecule has 20 heavy (non-hydrogen) atoms. The van der Waals surface area contributed by atoms with Crippen LogP contribution in [-0.2, 0) is 9.84 Å². The molecule has 2 N–H and O–H groups in total. The largest absolute Gasteiger partial charge is 0.494 e. The molecule has 1 heterocycles. The van der Waals surface area contributed by atoms with Gasteiger partial charge in [0.25, 0.3) is 0 Å². The van der Waals surface area contributed by atoms with E-state index in [0.717, 1.165) is 0 Å². The van der Waals surface area contributed by atoms with Crippen LogP contribution in [0.2, 0.25) is 0 Å². The lowest BCUT2D eigenvalue weighted by molar-refractivity contribution is 0.249. The van der Waals surface area contributed by atoms with Gasteiger partial charge < -0.3 is 15.4 Å². The van der Waals surface area contributed by atoms with Crippen molar-refractivity contribution < 1.29 is 17.9 Å². The predicted octanol–water partition coefficient (Wildman–Crippen LogP) is 1.39. The van der Waals surface area contributed by atoms with Crippen LogP contribution in [0, 0.1) is 0 Å². The van der Waals surface area contributed by atoms with Crippen LogP contribution < -0.4 is 15.4 Å². The molecule has 7 heteroatoms. The van der Waals surface area contributed by atoms with Gasteiger partial charge in [0.15, 0.2) is 9.84 Å². The molecule has 0 saturated carbocycles. The molecule has 2 rings (SSSR count). The second kappa shape index (κ2) is 6.13. The summed E-state index contributed by atoms with van der Waals surface area (Å²) in [7, 11) is -2.99. The molecule has 110 valence electrons. The Morgan fingerprint density at radius 3 is 2.90 bits per heavy atom. The van der Waals surface area contributed by atoms with Gasteiger partial charge in [-0.2, -0.15) is 0 Å². The van der Waals surface area contributed by atoms with Crippen molar-refractivity contribution in [3.63, 3.8) is 0 Å². The summed E-state index contributed by atoms with van der Waals surface area (Å²) in [6.07, 6.45) is 0.467. The number of nitrogens with one attached hydrogen (secondary N) is 2. The minimum atomic E-state index is -2.99. The van der Waals surface area contributed by atoms with Crippen molar-refractivity contribution in [1.29, 1.82) is 0 Å². The van der Waals surface area contributed by atoms with Crippen molar-refractivity contribution in [3.8, 4) is 5.75 Å². The zero-order chi connectivity index (χ0) is 14.6. The number of rotatable bonds is 4. The molecular weight excluding hydrogens is 280 g/mol. The lowest BCUT2D eigenvalue weighted by atomic mass is 10.2. The molecule has 1 atom stereocenters. The second-order valence-electron chi connectivity index (χ2n) is 4.66. The molecule has 1 fully saturated rings. The highest BCUT2D eigenvalue weighted by atomic mass is 32.2. The summed E-state index contributed by atoms with van der Waals surface area (Å²) in [5.41, 5.74) is 0.606. The van der Waals surface area contributed by atoms with Gasteiger partial charge in [0.1, 0.15) is 5.75 Å². The molecule has 0 bridgehead atoms. The van der Waals surface area contributed by atoms with Gasteiger partial charge in [-0.15, -0.1) is 0 Å². The van der Waals surface area contributed by atoms with E-state index in [4.69, 9.17) is 4.74 Å². The van der Waals surface area contributed by atoms with Gasteiger partial charge in [-0.3, -0.25) is 0 Å². The number of benzene rings is 1. The Bertz CT molecular complexity index is 586. The van der Waals surface area contributed by atoms with E-state index in [2.05, 4.69) is 10.6 Å². The first-order chi connectivity index (χ1) is 9.48. The fourth-order valence-electron chi connectivity index (χ4n) is 2.09. The van der Waals surface area contributed by atoms with E-state index in [-0.39, 0.29) is 17.5 Å². The molecule has 0 radical (unpaired) electrons. The SMILES string of the molecule is CCOc1cccc(NC(=O)N[C@@H]2CCS(=O)(=O)C2)c1. The average molecular weight is 298 g/mol. The Labute approximate surface area is 118 Å². The topological polar surface area (TPSA) is 84.5 Å². The summed E-state index contributed by atoms with van der Waals surface area (Å²) in [6, 6.07) is 6.33. The van der Waals surface area contributed by atoms with Crippen LogP contribution in [0.15, 0.2) is 24.3 Å². The molecule has 1 aromatic carbocycles. The van der Waals surface area contributed by atoms with Crippen LogP contribution in [0.3, 0.4) is 0 Å². The molecule has 1 aliphatic heterocycles. The second-order valence-corrected chi connectivity index (χ2v) is 6.89. The van der Waals surface area contributed by atoms with Crippen molar-refractivity contribution in [2.75, 3.05) is 23.4 Å². The van der Waals surface area contributed by atoms with E-state index in [1.54, 1.807) is 24.3 Å². The van der Waals surface area contributed by atoms with E-state index in [1.165, 1.54) is 0 Å². The third-order valence-electron chi connectivity index (χ3n) is 2.97. The van der Waals surface area contributed by atoms with E-state index >= 15 is 0 Å². The van der Waals surface area contributed by atoms with E-state index < -0.39 is 15.9 Å². The maximum atomic E-state index is 11.8. The number of sulfone groups is 1. The average Bonchev–Trinajstić information content (AvgIpc) is 2.69. The lowest BCUT2D eigenvalue weighted by Crippen LogP contribution is -2.38. The molecule has 1 saturated heterocycles. The van der Waals surface area contributed by atoms with E-state index in [1.807, 2.05) is 6.92 Å². The quantitative estimate of drug-likeness (QED) is 0.880. The summed E-state index contributed by atoms with van der Waals surface area (Å²) in [5, 5.41) is 5.33. The summed E-state index contributed by atoms with van der Waals surface area (Å²) < 4.78 is 28.0. The fraction of sp³-hybridized carbons (Fsp3) is 0.462. The van der Waals surface area contributed by atoms with Crippen LogP contribution in [0.1, 0.15) is 13.3 Å². The van der Waals surface area contributed by atoms with Crippen LogP contribution in [-0.4, -0.2) is 38.6 Å². The van der Waals surface area contributed by atoms with Gasteiger partial charge in [-0.1, -0.05) is 6.07 Å². The molecule has 1 aromatic rings. The Kier molecular flexibility index (Phi) is 4.49. The highest BCUT2D eigenvalue weighted by Crippen LogP contribution is 2.17. The van der Waals surface area contributed by atoms with Gasteiger partial charge in [-0.05, 0) is 25.5 Å². The van der Waals surface area contributed by atoms with Gasteiger partial charge in [0, 0.05) is 17.8 Å². The highest BCUT2D eigenvalue weighted by molar-refractivity contribution is 7.91. The number of ether oxygens (including phenoxy) is 1. The number of carbonyl (C=O) groups is 1. The van der Waals surface area contributed by atoms with Crippen LogP contribution in [0.25, 0.3) is 0 Å². The number of anilines is 1. The molecule has 2 amide bonds. The summed E-state index contributed by atoms with van der Waals surface area (Å²) >= 11 is 0. The minimum Gasteiger partial charge on any atom is -0.494 e. The first-order valence-corrected chi connectivity index (χ1v) is 8.31. The number of amides is 2. The molecule has 6 nitrogen and oxygen atoms in total. The summed E-state index contributed by atoms with van der Waals surface area (Å²) in [4.78, 5) is 11.8. The van der Waals surface area contributed by atoms with Crippen LogP contribution in [0.4, 0.5) is 10.5 Å². The van der Waals surface area contributed by atoms with Crippen LogP contribution >= 0.6 is 0 Å². The van der Waals surface area contributed by atoms with Gasteiger partial charge >= 0.3 is 6.03 Å². The number of hydrogen-bond acceptors (Lipinski definition) is 4. The van der Waals surface area contributed by atoms with Gasteiger partial charge in [-0.25, -0.2) is 13.2 Å². The first kappa shape index (κ1) is 14.6. The number of hydrogen-bond donors (Lipinski definition) is 2. The number of urea groups is 1. The van der Waals surface area contributed by atoms with Crippen LogP contribution in [0.5, 0.6) is 5.75 Å². The molecule has 0 spiro atoms. The third kappa shape index (κ3) is 4.12. The normalized spacial score (nSPS) is 20.4. The smallest absolute Gasteiger partial charge is 0.319 e. The zero-order valence-electron chi connectivity index (χ0n) is 11.3. The maximum Gasteiger partial charge on any atom is 0.319 e. The highest BCUT2D eigenvalue weighted by Gasteiger charge is 2.28. The lowest BCUT2D eigenvalue weighted by Gasteiger charge is -2.12. The Morgan fingerprint density at radius 1 is 1.45 bits per heavy atom. The predicted molar refractivity (Wildman–Crippen MR) is 76.8 cm³/mol. The summed E-state index contributed by atoms with van der Waals surface area (Å²) in [5.74, 6) is 0.825. The van der Waals surface area contributed by atoms with Crippen molar-refractivity contribution in [3.05, 3.63) is 24.3 Å². The Balaban J connectivity index is 1.90. The molecule has 1 aliphatic rings. The molecule has 0 aliphatic carbocycles. The monoisotopic (exact) mass is 298 g/mol. The Morgan fingerprint density at radius 2 is 2.25 bits per heavy atom. The molecular formula is C13H18N2O4S. The minimum absolute atomic E-state index is 0.0133. The van der Waals surface area contributed by atoms with Crippen molar-refractivity contribution in [2.45, 2.75) is 19.4 Å². The standard InChI is InChI=1S/C13H18N2O4S/c1-2-19-12-5-3-4-10(8-12)14-13(16)15-11-6-7-20(17,18)9-11/h3-5,8,11H,2,6-7,9H2,1H3,(H2,14,15,16)/t11-/m1/s1.